The van der Waals surface area contributed by atoms with Gasteiger partial charge in [-0.25, -0.2) is 13.6 Å². The lowest BCUT2D eigenvalue weighted by Gasteiger charge is -2.07. The summed E-state index contributed by atoms with van der Waals surface area (Å²) in [4.78, 5) is 14.3. The summed E-state index contributed by atoms with van der Waals surface area (Å²) in [6, 6.07) is 18.0. The number of rotatable bonds is 8. The van der Waals surface area contributed by atoms with Crippen LogP contribution >= 0.6 is 11.3 Å². The number of nitrogens with two attached hydrogens (primary N) is 1. The summed E-state index contributed by atoms with van der Waals surface area (Å²) >= 11 is 1.39. The summed E-state index contributed by atoms with van der Waals surface area (Å²) in [7, 11) is -3.70. The molecule has 0 unspecified atom stereocenters. The molecule has 0 spiro atoms. The van der Waals surface area contributed by atoms with Crippen LogP contribution in [0.5, 0.6) is 5.75 Å². The monoisotopic (exact) mass is 430 g/mol. The fourth-order valence-electron chi connectivity index (χ4n) is 2.79. The van der Waals surface area contributed by atoms with Gasteiger partial charge >= 0.3 is 0 Å². The number of primary sulfonamides is 1. The van der Waals surface area contributed by atoms with E-state index in [1.165, 1.54) is 23.5 Å². The Labute approximate surface area is 174 Å². The molecule has 0 fully saturated rings. The van der Waals surface area contributed by atoms with Crippen molar-refractivity contribution in [3.05, 3.63) is 71.1 Å². The van der Waals surface area contributed by atoms with E-state index in [1.807, 2.05) is 43.3 Å². The second-order valence-corrected chi connectivity index (χ2v) is 8.91. The molecule has 152 valence electrons. The zero-order valence-electron chi connectivity index (χ0n) is 15.9. The van der Waals surface area contributed by atoms with Crippen molar-refractivity contribution < 1.29 is 17.9 Å². The molecule has 0 aliphatic rings. The number of ether oxygens (including phenoxy) is 1. The van der Waals surface area contributed by atoms with Gasteiger partial charge in [0.25, 0.3) is 5.91 Å². The van der Waals surface area contributed by atoms with Crippen LogP contribution in [-0.4, -0.2) is 27.5 Å². The van der Waals surface area contributed by atoms with Crippen molar-refractivity contribution in [3.8, 4) is 16.2 Å². The Morgan fingerprint density at radius 1 is 1.10 bits per heavy atom. The summed E-state index contributed by atoms with van der Waals surface area (Å²) in [6.45, 7) is 2.77. The second-order valence-electron chi connectivity index (χ2n) is 6.30. The molecule has 1 aromatic heterocycles. The third kappa shape index (κ3) is 5.44. The van der Waals surface area contributed by atoms with Gasteiger partial charge in [-0.05, 0) is 42.7 Å². The molecule has 1 heterocycles. The van der Waals surface area contributed by atoms with Crippen LogP contribution in [0, 0.1) is 0 Å². The van der Waals surface area contributed by atoms with Gasteiger partial charge in [-0.2, -0.15) is 0 Å². The van der Waals surface area contributed by atoms with Crippen molar-refractivity contribution in [1.29, 1.82) is 0 Å². The van der Waals surface area contributed by atoms with Gasteiger partial charge in [-0.1, -0.05) is 42.5 Å². The van der Waals surface area contributed by atoms with E-state index in [1.54, 1.807) is 12.1 Å². The maximum absolute atomic E-state index is 12.7. The lowest BCUT2D eigenvalue weighted by molar-refractivity contribution is 0.0955. The Morgan fingerprint density at radius 2 is 1.79 bits per heavy atom. The maximum Gasteiger partial charge on any atom is 0.265 e. The molecule has 29 heavy (non-hydrogen) atoms. The van der Waals surface area contributed by atoms with Gasteiger partial charge in [-0.15, -0.1) is 11.3 Å². The van der Waals surface area contributed by atoms with Crippen LogP contribution in [0.15, 0.2) is 65.6 Å². The molecular weight excluding hydrogens is 408 g/mol. The first-order chi connectivity index (χ1) is 13.9. The molecule has 0 saturated heterocycles. The van der Waals surface area contributed by atoms with Crippen molar-refractivity contribution in [3.63, 3.8) is 0 Å². The number of benzene rings is 2. The summed E-state index contributed by atoms with van der Waals surface area (Å²) in [5.41, 5.74) is 1.94. The highest BCUT2D eigenvalue weighted by Gasteiger charge is 2.18. The van der Waals surface area contributed by atoms with E-state index in [2.05, 4.69) is 5.32 Å². The quantitative estimate of drug-likeness (QED) is 0.572. The number of nitrogens with one attached hydrogen (secondary N) is 1. The smallest absolute Gasteiger partial charge is 0.265 e. The fourth-order valence-corrected chi connectivity index (χ4v) is 4.32. The third-order valence-corrected chi connectivity index (χ3v) is 6.31. The molecule has 0 bridgehead atoms. The van der Waals surface area contributed by atoms with Crippen molar-refractivity contribution in [2.75, 3.05) is 13.2 Å². The molecule has 3 aromatic rings. The normalized spacial score (nSPS) is 11.2. The molecule has 6 nitrogen and oxygen atoms in total. The summed E-state index contributed by atoms with van der Waals surface area (Å²) < 4.78 is 28.3. The van der Waals surface area contributed by atoms with Crippen LogP contribution in [0.1, 0.15) is 22.2 Å². The van der Waals surface area contributed by atoms with Crippen molar-refractivity contribution in [2.24, 2.45) is 5.14 Å². The first-order valence-corrected chi connectivity index (χ1v) is 11.5. The van der Waals surface area contributed by atoms with Crippen LogP contribution in [0.2, 0.25) is 0 Å². The highest BCUT2D eigenvalue weighted by molar-refractivity contribution is 7.89. The summed E-state index contributed by atoms with van der Waals surface area (Å²) in [6.07, 6.45) is 0.567. The van der Waals surface area contributed by atoms with Gasteiger partial charge in [0.1, 0.15) is 10.6 Å². The Balaban J connectivity index is 1.66. The number of hydrogen-bond donors (Lipinski definition) is 2. The highest BCUT2D eigenvalue weighted by Crippen LogP contribution is 2.36. The Bertz CT molecular complexity index is 1080. The number of amides is 1. The van der Waals surface area contributed by atoms with Crippen LogP contribution < -0.4 is 15.2 Å². The molecule has 8 heteroatoms. The van der Waals surface area contributed by atoms with E-state index in [0.717, 1.165) is 16.0 Å². The average molecular weight is 431 g/mol. The van der Waals surface area contributed by atoms with Gasteiger partial charge < -0.3 is 10.1 Å². The molecule has 3 N–H and O–H groups in total. The number of thiophene rings is 1. The molecule has 0 saturated carbocycles. The molecule has 0 aliphatic carbocycles. The minimum Gasteiger partial charge on any atom is -0.492 e. The van der Waals surface area contributed by atoms with E-state index < -0.39 is 10.0 Å². The van der Waals surface area contributed by atoms with Gasteiger partial charge in [0, 0.05) is 11.4 Å². The average Bonchev–Trinajstić information content (AvgIpc) is 3.13. The summed E-state index contributed by atoms with van der Waals surface area (Å²) in [5.74, 6) is 0.383. The molecule has 3 rings (SSSR count). The van der Waals surface area contributed by atoms with Crippen LogP contribution in [-0.2, 0) is 16.4 Å². The Hall–Kier alpha value is -2.68. The number of carbonyl (C=O) groups excluding carboxylic acids is 1. The van der Waals surface area contributed by atoms with E-state index in [4.69, 9.17) is 9.88 Å². The zero-order chi connectivity index (χ0) is 20.9. The Kier molecular flexibility index (Phi) is 6.68. The lowest BCUT2D eigenvalue weighted by atomic mass is 10.1. The lowest BCUT2D eigenvalue weighted by Crippen LogP contribution is -2.25. The predicted molar refractivity (Wildman–Crippen MR) is 115 cm³/mol. The SMILES string of the molecule is CCOc1cc(-c2ccccc2)sc1C(=O)NCCc1ccc(S(N)(=O)=O)cc1. The van der Waals surface area contributed by atoms with Crippen molar-refractivity contribution in [2.45, 2.75) is 18.2 Å². The van der Waals surface area contributed by atoms with E-state index >= 15 is 0 Å². The molecule has 0 radical (unpaired) electrons. The van der Waals surface area contributed by atoms with Crippen LogP contribution in [0.3, 0.4) is 0 Å². The van der Waals surface area contributed by atoms with E-state index in [0.29, 0.717) is 30.2 Å². The molecular formula is C21H22N2O4S2. The van der Waals surface area contributed by atoms with Gasteiger partial charge in [0.2, 0.25) is 10.0 Å². The molecule has 0 atom stereocenters. The molecule has 1 amide bonds. The first kappa shape index (κ1) is 21.0. The van der Waals surface area contributed by atoms with E-state index in [9.17, 15) is 13.2 Å². The minimum atomic E-state index is -3.70. The Morgan fingerprint density at radius 3 is 2.41 bits per heavy atom. The first-order valence-electron chi connectivity index (χ1n) is 9.10. The second kappa shape index (κ2) is 9.21. The van der Waals surface area contributed by atoms with Crippen molar-refractivity contribution in [1.82, 2.24) is 5.32 Å². The fraction of sp³-hybridized carbons (Fsp3) is 0.190. The number of sulfonamides is 1. The van der Waals surface area contributed by atoms with Crippen LogP contribution in [0.4, 0.5) is 0 Å². The number of hydrogen-bond acceptors (Lipinski definition) is 5. The van der Waals surface area contributed by atoms with Crippen LogP contribution in [0.25, 0.3) is 10.4 Å². The largest absolute Gasteiger partial charge is 0.492 e. The van der Waals surface area contributed by atoms with Crippen molar-refractivity contribution >= 4 is 27.3 Å². The molecule has 0 aliphatic heterocycles. The zero-order valence-corrected chi connectivity index (χ0v) is 17.6. The predicted octanol–water partition coefficient (Wildman–Crippen LogP) is 3.43. The highest BCUT2D eigenvalue weighted by atomic mass is 32.2. The standard InChI is InChI=1S/C21H22N2O4S2/c1-2-27-18-14-19(16-6-4-3-5-7-16)28-20(18)21(24)23-13-12-15-8-10-17(11-9-15)29(22,25)26/h3-11,14H,2,12-13H2,1H3,(H,23,24)(H2,22,25,26). The van der Waals surface area contributed by atoms with Gasteiger partial charge in [0.05, 0.1) is 11.5 Å². The van der Waals surface area contributed by atoms with Gasteiger partial charge in [0.15, 0.2) is 0 Å². The third-order valence-electron chi connectivity index (χ3n) is 4.21. The van der Waals surface area contributed by atoms with E-state index in [-0.39, 0.29) is 10.8 Å². The number of carbonyl (C=O) groups is 1. The summed E-state index contributed by atoms with van der Waals surface area (Å²) in [5, 5.41) is 8.00. The van der Waals surface area contributed by atoms with Gasteiger partial charge in [-0.3, -0.25) is 4.79 Å². The topological polar surface area (TPSA) is 98.5 Å². The molecule has 2 aromatic carbocycles. The maximum atomic E-state index is 12.7. The minimum absolute atomic E-state index is 0.0682.